The largest absolute Gasteiger partial charge is 0.379 e. The Hall–Kier alpha value is -0.0800. The minimum atomic E-state index is -0.0407. The number of hydrogen-bond donors (Lipinski definition) is 1. The van der Waals surface area contributed by atoms with Gasteiger partial charge in [-0.2, -0.15) is 0 Å². The summed E-state index contributed by atoms with van der Waals surface area (Å²) >= 11 is 0. The van der Waals surface area contributed by atoms with Gasteiger partial charge in [0.2, 0.25) is 0 Å². The van der Waals surface area contributed by atoms with E-state index >= 15 is 0 Å². The van der Waals surface area contributed by atoms with Gasteiger partial charge >= 0.3 is 0 Å². The Kier molecular flexibility index (Phi) is 4.40. The van der Waals surface area contributed by atoms with Crippen molar-refractivity contribution in [2.75, 3.05) is 14.2 Å². The molecular weight excluding hydrogens is 162 g/mol. The Morgan fingerprint density at radius 2 is 1.62 bits per heavy atom. The number of rotatable bonds is 4. The molecule has 0 rings (SSSR count). The van der Waals surface area contributed by atoms with Crippen molar-refractivity contribution < 1.29 is 4.74 Å². The maximum absolute atomic E-state index is 5.43. The summed E-state index contributed by atoms with van der Waals surface area (Å²) in [4.78, 5) is 0. The summed E-state index contributed by atoms with van der Waals surface area (Å²) in [7, 11) is 3.79. The molecule has 0 spiro atoms. The van der Waals surface area contributed by atoms with Crippen molar-refractivity contribution in [2.45, 2.75) is 52.7 Å². The highest BCUT2D eigenvalue weighted by Gasteiger charge is 2.29. The molecule has 2 heteroatoms. The van der Waals surface area contributed by atoms with Gasteiger partial charge in [0.1, 0.15) is 0 Å². The molecule has 1 N–H and O–H groups in total. The molecule has 1 atom stereocenters. The highest BCUT2D eigenvalue weighted by Crippen LogP contribution is 2.27. The van der Waals surface area contributed by atoms with Crippen LogP contribution in [0.1, 0.15) is 41.0 Å². The van der Waals surface area contributed by atoms with E-state index in [-0.39, 0.29) is 11.0 Å². The van der Waals surface area contributed by atoms with E-state index in [2.05, 4.69) is 39.9 Å². The normalized spacial score (nSPS) is 15.9. The summed E-state index contributed by atoms with van der Waals surface area (Å²) in [5.41, 5.74) is 0.242. The SMILES string of the molecule is CNC(CC(C)(C)OC)C(C)(C)C. The smallest absolute Gasteiger partial charge is 0.0637 e. The van der Waals surface area contributed by atoms with Crippen LogP contribution in [-0.2, 0) is 4.74 Å². The van der Waals surface area contributed by atoms with Crippen molar-refractivity contribution in [2.24, 2.45) is 5.41 Å². The van der Waals surface area contributed by atoms with Crippen LogP contribution in [0.3, 0.4) is 0 Å². The van der Waals surface area contributed by atoms with Gasteiger partial charge in [0.05, 0.1) is 5.60 Å². The molecule has 80 valence electrons. The zero-order chi connectivity index (χ0) is 10.7. The Morgan fingerprint density at radius 1 is 1.15 bits per heavy atom. The van der Waals surface area contributed by atoms with E-state index in [1.54, 1.807) is 7.11 Å². The highest BCUT2D eigenvalue weighted by molar-refractivity contribution is 4.85. The molecule has 2 nitrogen and oxygen atoms in total. The molecule has 13 heavy (non-hydrogen) atoms. The molecule has 1 unspecified atom stereocenters. The molecular formula is C11H25NO. The minimum Gasteiger partial charge on any atom is -0.379 e. The van der Waals surface area contributed by atoms with E-state index < -0.39 is 0 Å². The van der Waals surface area contributed by atoms with Crippen LogP contribution >= 0.6 is 0 Å². The topological polar surface area (TPSA) is 21.3 Å². The van der Waals surface area contributed by atoms with Crippen LogP contribution < -0.4 is 5.32 Å². The first-order valence-corrected chi connectivity index (χ1v) is 4.95. The zero-order valence-corrected chi connectivity index (χ0v) is 10.2. The average molecular weight is 187 g/mol. The molecule has 0 aliphatic carbocycles. The zero-order valence-electron chi connectivity index (χ0n) is 10.2. The molecule has 0 amide bonds. The van der Waals surface area contributed by atoms with Crippen molar-refractivity contribution in [1.82, 2.24) is 5.32 Å². The van der Waals surface area contributed by atoms with Gasteiger partial charge in [0.25, 0.3) is 0 Å². The second-order valence-electron chi connectivity index (χ2n) is 5.38. The van der Waals surface area contributed by atoms with Gasteiger partial charge in [0, 0.05) is 13.2 Å². The van der Waals surface area contributed by atoms with Gasteiger partial charge in [0.15, 0.2) is 0 Å². The van der Waals surface area contributed by atoms with Gasteiger partial charge in [-0.3, -0.25) is 0 Å². The lowest BCUT2D eigenvalue weighted by atomic mass is 9.81. The number of ether oxygens (including phenoxy) is 1. The van der Waals surface area contributed by atoms with Crippen LogP contribution in [-0.4, -0.2) is 25.8 Å². The quantitative estimate of drug-likeness (QED) is 0.730. The van der Waals surface area contributed by atoms with Crippen molar-refractivity contribution in [3.8, 4) is 0 Å². The number of nitrogens with one attached hydrogen (secondary N) is 1. The Bertz CT molecular complexity index is 147. The van der Waals surface area contributed by atoms with E-state index in [0.717, 1.165) is 6.42 Å². The van der Waals surface area contributed by atoms with E-state index in [9.17, 15) is 0 Å². The third-order valence-corrected chi connectivity index (χ3v) is 2.64. The van der Waals surface area contributed by atoms with E-state index in [4.69, 9.17) is 4.74 Å². The highest BCUT2D eigenvalue weighted by atomic mass is 16.5. The van der Waals surface area contributed by atoms with Crippen LogP contribution in [0.2, 0.25) is 0 Å². The first kappa shape index (κ1) is 12.9. The molecule has 0 bridgehead atoms. The molecule has 0 heterocycles. The molecule has 0 saturated heterocycles. The fourth-order valence-electron chi connectivity index (χ4n) is 1.42. The fourth-order valence-corrected chi connectivity index (χ4v) is 1.42. The third-order valence-electron chi connectivity index (χ3n) is 2.64. The Balaban J connectivity index is 4.30. The number of methoxy groups -OCH3 is 1. The fraction of sp³-hybridized carbons (Fsp3) is 1.00. The predicted molar refractivity (Wildman–Crippen MR) is 58.0 cm³/mol. The van der Waals surface area contributed by atoms with E-state index in [0.29, 0.717) is 6.04 Å². The molecule has 0 aromatic rings. The van der Waals surface area contributed by atoms with Crippen LogP contribution in [0, 0.1) is 5.41 Å². The number of hydrogen-bond acceptors (Lipinski definition) is 2. The van der Waals surface area contributed by atoms with Crippen LogP contribution in [0.5, 0.6) is 0 Å². The molecule has 0 saturated carbocycles. The maximum Gasteiger partial charge on any atom is 0.0637 e. The minimum absolute atomic E-state index is 0.0407. The summed E-state index contributed by atoms with van der Waals surface area (Å²) < 4.78 is 5.43. The van der Waals surface area contributed by atoms with Crippen LogP contribution in [0.4, 0.5) is 0 Å². The first-order chi connectivity index (χ1) is 5.73. The second-order valence-corrected chi connectivity index (χ2v) is 5.38. The van der Waals surface area contributed by atoms with Crippen LogP contribution in [0.25, 0.3) is 0 Å². The predicted octanol–water partition coefficient (Wildman–Crippen LogP) is 2.44. The van der Waals surface area contributed by atoms with E-state index in [1.807, 2.05) is 7.05 Å². The van der Waals surface area contributed by atoms with Crippen molar-refractivity contribution in [3.63, 3.8) is 0 Å². The molecule has 0 aromatic carbocycles. The standard InChI is InChI=1S/C11H25NO/c1-10(2,3)9(12-6)8-11(4,5)13-7/h9,12H,8H2,1-7H3. The van der Waals surface area contributed by atoms with Crippen molar-refractivity contribution >= 4 is 0 Å². The van der Waals surface area contributed by atoms with Gasteiger partial charge in [-0.15, -0.1) is 0 Å². The van der Waals surface area contributed by atoms with Gasteiger partial charge in [-0.1, -0.05) is 20.8 Å². The Labute approximate surface area is 83.1 Å². The van der Waals surface area contributed by atoms with Crippen molar-refractivity contribution in [1.29, 1.82) is 0 Å². The van der Waals surface area contributed by atoms with Gasteiger partial charge < -0.3 is 10.1 Å². The lowest BCUT2D eigenvalue weighted by Crippen LogP contribution is -2.43. The van der Waals surface area contributed by atoms with Crippen molar-refractivity contribution in [3.05, 3.63) is 0 Å². The van der Waals surface area contributed by atoms with E-state index in [1.165, 1.54) is 0 Å². The monoisotopic (exact) mass is 187 g/mol. The summed E-state index contributed by atoms with van der Waals surface area (Å²) in [6, 6.07) is 0.488. The van der Waals surface area contributed by atoms with Gasteiger partial charge in [-0.05, 0) is 32.7 Å². The molecule has 0 aromatic heterocycles. The Morgan fingerprint density at radius 3 is 1.85 bits per heavy atom. The lowest BCUT2D eigenvalue weighted by Gasteiger charge is -2.36. The average Bonchev–Trinajstić information content (AvgIpc) is 1.98. The molecule has 0 fully saturated rings. The summed E-state index contributed by atoms with van der Waals surface area (Å²) in [5.74, 6) is 0. The molecule has 0 aliphatic heterocycles. The first-order valence-electron chi connectivity index (χ1n) is 4.95. The lowest BCUT2D eigenvalue weighted by molar-refractivity contribution is -0.00313. The van der Waals surface area contributed by atoms with Crippen LogP contribution in [0.15, 0.2) is 0 Å². The second kappa shape index (κ2) is 4.43. The summed E-state index contributed by atoms with van der Waals surface area (Å²) in [6.45, 7) is 11.0. The van der Waals surface area contributed by atoms with Gasteiger partial charge in [-0.25, -0.2) is 0 Å². The summed E-state index contributed by atoms with van der Waals surface area (Å²) in [5, 5.41) is 3.35. The molecule has 0 radical (unpaired) electrons. The summed E-state index contributed by atoms with van der Waals surface area (Å²) in [6.07, 6.45) is 1.03. The third kappa shape index (κ3) is 4.63. The maximum atomic E-state index is 5.43. The molecule has 0 aliphatic rings.